The van der Waals surface area contributed by atoms with Crippen molar-refractivity contribution in [1.29, 1.82) is 0 Å². The molecule has 134 valence electrons. The Labute approximate surface area is 148 Å². The van der Waals surface area contributed by atoms with E-state index in [1.807, 2.05) is 55.1 Å². The Kier molecular flexibility index (Phi) is 5.50. The highest BCUT2D eigenvalue weighted by atomic mass is 16.5. The molecule has 0 aliphatic carbocycles. The minimum absolute atomic E-state index is 0.133. The van der Waals surface area contributed by atoms with Gasteiger partial charge in [0.15, 0.2) is 0 Å². The largest absolute Gasteiger partial charge is 0.361 e. The van der Waals surface area contributed by atoms with Gasteiger partial charge in [0.1, 0.15) is 5.76 Å². The average molecular weight is 342 g/mol. The van der Waals surface area contributed by atoms with Gasteiger partial charge in [-0.15, -0.1) is 0 Å². The molecule has 2 atom stereocenters. The quantitative estimate of drug-likeness (QED) is 0.899. The molecule has 1 aromatic carbocycles. The summed E-state index contributed by atoms with van der Waals surface area (Å²) in [4.78, 5) is 17.0. The number of carbonyl (C=O) groups excluding carboxylic acids is 1. The normalized spacial score (nSPS) is 18.1. The molecular formula is C19H26N4O2. The third-order valence-corrected chi connectivity index (χ3v) is 4.86. The number of hydrogen-bond donors (Lipinski definition) is 1. The molecule has 1 fully saturated rings. The van der Waals surface area contributed by atoms with Gasteiger partial charge in [0.25, 0.3) is 0 Å². The maximum atomic E-state index is 12.8. The van der Waals surface area contributed by atoms with Gasteiger partial charge in [0.05, 0.1) is 11.6 Å². The molecule has 0 saturated carbocycles. The van der Waals surface area contributed by atoms with Crippen LogP contribution in [0.4, 0.5) is 0 Å². The van der Waals surface area contributed by atoms with E-state index < -0.39 is 0 Å². The molecular weight excluding hydrogens is 316 g/mol. The van der Waals surface area contributed by atoms with Crippen LogP contribution in [0.3, 0.4) is 0 Å². The Morgan fingerprint density at radius 3 is 2.52 bits per heavy atom. The summed E-state index contributed by atoms with van der Waals surface area (Å²) < 4.78 is 5.11. The van der Waals surface area contributed by atoms with Crippen LogP contribution in [0, 0.1) is 12.8 Å². The monoisotopic (exact) mass is 342 g/mol. The number of benzene rings is 1. The minimum atomic E-state index is -0.273. The summed E-state index contributed by atoms with van der Waals surface area (Å²) in [5.74, 6) is 0.730. The zero-order chi connectivity index (χ0) is 17.8. The van der Waals surface area contributed by atoms with Gasteiger partial charge >= 0.3 is 0 Å². The Hall–Kier alpha value is -2.18. The molecule has 0 radical (unpaired) electrons. The van der Waals surface area contributed by atoms with E-state index in [0.717, 1.165) is 49.7 Å². The maximum absolute atomic E-state index is 12.8. The molecule has 2 aromatic rings. The highest BCUT2D eigenvalue weighted by Gasteiger charge is 2.29. The first-order chi connectivity index (χ1) is 12.0. The maximum Gasteiger partial charge on any atom is 0.227 e. The van der Waals surface area contributed by atoms with Gasteiger partial charge in [-0.1, -0.05) is 42.4 Å². The molecule has 6 heteroatoms. The lowest BCUT2D eigenvalue weighted by molar-refractivity contribution is -0.137. The van der Waals surface area contributed by atoms with Crippen LogP contribution in [0.15, 0.2) is 40.9 Å². The molecule has 1 aromatic heterocycles. The predicted octanol–water partition coefficient (Wildman–Crippen LogP) is 1.96. The third kappa shape index (κ3) is 4.27. The van der Waals surface area contributed by atoms with E-state index in [0.29, 0.717) is 0 Å². The van der Waals surface area contributed by atoms with Crippen molar-refractivity contribution in [2.45, 2.75) is 26.4 Å². The van der Waals surface area contributed by atoms with Crippen LogP contribution in [0.25, 0.3) is 0 Å². The highest BCUT2D eigenvalue weighted by molar-refractivity contribution is 5.79. The molecule has 2 unspecified atom stereocenters. The van der Waals surface area contributed by atoms with Gasteiger partial charge in [-0.25, -0.2) is 0 Å². The third-order valence-electron chi connectivity index (χ3n) is 4.86. The van der Waals surface area contributed by atoms with Gasteiger partial charge in [-0.05, 0) is 12.5 Å². The first-order valence-corrected chi connectivity index (χ1v) is 8.78. The molecule has 1 amide bonds. The lowest BCUT2D eigenvalue weighted by atomic mass is 9.94. The standard InChI is InChI=1S/C19H26N4O2/c1-14-12-17(21-25-14)13-22-8-10-23(11-9-22)19(24)15(2)18(20)16-6-4-3-5-7-16/h3-7,12,15,18H,8-11,13,20H2,1-2H3. The van der Waals surface area contributed by atoms with Gasteiger partial charge in [-0.2, -0.15) is 0 Å². The van der Waals surface area contributed by atoms with E-state index in [2.05, 4.69) is 10.1 Å². The Morgan fingerprint density at radius 2 is 1.92 bits per heavy atom. The van der Waals surface area contributed by atoms with Crippen molar-refractivity contribution in [1.82, 2.24) is 15.0 Å². The van der Waals surface area contributed by atoms with Crippen molar-refractivity contribution in [3.63, 3.8) is 0 Å². The molecule has 0 bridgehead atoms. The average Bonchev–Trinajstić information content (AvgIpc) is 3.06. The Morgan fingerprint density at radius 1 is 1.24 bits per heavy atom. The SMILES string of the molecule is Cc1cc(CN2CCN(C(=O)C(C)C(N)c3ccccc3)CC2)no1. The molecule has 25 heavy (non-hydrogen) atoms. The van der Waals surface area contributed by atoms with Crippen molar-refractivity contribution >= 4 is 5.91 Å². The summed E-state index contributed by atoms with van der Waals surface area (Å²) >= 11 is 0. The zero-order valence-electron chi connectivity index (χ0n) is 14.9. The lowest BCUT2D eigenvalue weighted by Gasteiger charge is -2.36. The number of aromatic nitrogens is 1. The van der Waals surface area contributed by atoms with Gasteiger partial charge in [-0.3, -0.25) is 9.69 Å². The second-order valence-corrected chi connectivity index (χ2v) is 6.76. The number of nitrogens with zero attached hydrogens (tertiary/aromatic N) is 3. The smallest absolute Gasteiger partial charge is 0.227 e. The lowest BCUT2D eigenvalue weighted by Crippen LogP contribution is -2.50. The van der Waals surface area contributed by atoms with Crippen molar-refractivity contribution in [3.8, 4) is 0 Å². The van der Waals surface area contributed by atoms with Crippen LogP contribution in [-0.4, -0.2) is 47.0 Å². The first-order valence-electron chi connectivity index (χ1n) is 8.78. The van der Waals surface area contributed by atoms with Crippen LogP contribution in [0.1, 0.15) is 30.0 Å². The molecule has 2 N–H and O–H groups in total. The fraction of sp³-hybridized carbons (Fsp3) is 0.474. The van der Waals surface area contributed by atoms with Crippen molar-refractivity contribution < 1.29 is 9.32 Å². The highest BCUT2D eigenvalue weighted by Crippen LogP contribution is 2.22. The van der Waals surface area contributed by atoms with E-state index in [4.69, 9.17) is 10.3 Å². The van der Waals surface area contributed by atoms with Crippen LogP contribution in [0.2, 0.25) is 0 Å². The minimum Gasteiger partial charge on any atom is -0.361 e. The van der Waals surface area contributed by atoms with Crippen molar-refractivity contribution in [2.24, 2.45) is 11.7 Å². The number of nitrogens with two attached hydrogens (primary N) is 1. The van der Waals surface area contributed by atoms with E-state index in [1.54, 1.807) is 0 Å². The Bertz CT molecular complexity index is 692. The summed E-state index contributed by atoms with van der Waals surface area (Å²) in [7, 11) is 0. The second-order valence-electron chi connectivity index (χ2n) is 6.76. The van der Waals surface area contributed by atoms with Crippen molar-refractivity contribution in [2.75, 3.05) is 26.2 Å². The summed E-state index contributed by atoms with van der Waals surface area (Å²) in [6.45, 7) is 7.70. The number of amides is 1. The van der Waals surface area contributed by atoms with Gasteiger partial charge in [0.2, 0.25) is 5.91 Å². The number of rotatable bonds is 5. The molecule has 1 aliphatic heterocycles. The number of aryl methyl sites for hydroxylation is 1. The van der Waals surface area contributed by atoms with Gasteiger partial charge in [0, 0.05) is 44.8 Å². The topological polar surface area (TPSA) is 75.6 Å². The number of carbonyl (C=O) groups is 1. The van der Waals surface area contributed by atoms with E-state index in [9.17, 15) is 4.79 Å². The van der Waals surface area contributed by atoms with Crippen LogP contribution in [0.5, 0.6) is 0 Å². The summed E-state index contributed by atoms with van der Waals surface area (Å²) in [6.07, 6.45) is 0. The number of hydrogen-bond acceptors (Lipinski definition) is 5. The van der Waals surface area contributed by atoms with Crippen molar-refractivity contribution in [3.05, 3.63) is 53.4 Å². The first kappa shape index (κ1) is 17.6. The summed E-state index contributed by atoms with van der Waals surface area (Å²) in [5.41, 5.74) is 8.25. The van der Waals surface area contributed by atoms with Gasteiger partial charge < -0.3 is 15.2 Å². The molecule has 0 spiro atoms. The van der Waals surface area contributed by atoms with E-state index in [1.165, 1.54) is 0 Å². The van der Waals surface area contributed by atoms with Crippen LogP contribution < -0.4 is 5.73 Å². The molecule has 1 aliphatic rings. The molecule has 3 rings (SSSR count). The Balaban J connectivity index is 1.52. The van der Waals surface area contributed by atoms with E-state index in [-0.39, 0.29) is 17.9 Å². The predicted molar refractivity (Wildman–Crippen MR) is 95.6 cm³/mol. The number of piperazine rings is 1. The fourth-order valence-electron chi connectivity index (χ4n) is 3.25. The molecule has 2 heterocycles. The zero-order valence-corrected chi connectivity index (χ0v) is 14.9. The summed E-state index contributed by atoms with van der Waals surface area (Å²) in [6, 6.07) is 11.5. The molecule has 6 nitrogen and oxygen atoms in total. The van der Waals surface area contributed by atoms with Crippen LogP contribution in [-0.2, 0) is 11.3 Å². The molecule has 1 saturated heterocycles. The summed E-state index contributed by atoms with van der Waals surface area (Å²) in [5, 5.41) is 4.04. The van der Waals surface area contributed by atoms with E-state index >= 15 is 0 Å². The van der Waals surface area contributed by atoms with Crippen LogP contribution >= 0.6 is 0 Å². The fourth-order valence-corrected chi connectivity index (χ4v) is 3.25. The second kappa shape index (κ2) is 7.80.